The number of pyridine rings is 1. The molecule has 0 spiro atoms. The van der Waals surface area contributed by atoms with Gasteiger partial charge in [-0.2, -0.15) is 4.57 Å². The molecule has 1 heterocycles. The van der Waals surface area contributed by atoms with E-state index in [1.54, 1.807) is 0 Å². The third kappa shape index (κ3) is 19.5. The molecule has 0 aliphatic carbocycles. The highest BCUT2D eigenvalue weighted by molar-refractivity contribution is 5.57. The van der Waals surface area contributed by atoms with Gasteiger partial charge in [0.25, 0.3) is 0 Å². The number of halogens is 1. The Morgan fingerprint density at radius 1 is 0.553 bits per heavy atom. The summed E-state index contributed by atoms with van der Waals surface area (Å²) in [6.07, 6.45) is 36.6. The van der Waals surface area contributed by atoms with Gasteiger partial charge in [0.15, 0.2) is 18.6 Å². The molecule has 0 unspecified atom stereocenters. The molecule has 2 rings (SSSR count). The molecular weight excluding hydrogens is 530 g/mol. The molecule has 0 radical (unpaired) electrons. The number of unbranched alkanes of at least 4 members (excludes halogenated alkanes) is 19. The average Bonchev–Trinajstić information content (AvgIpc) is 2.94. The van der Waals surface area contributed by atoms with Crippen LogP contribution in [0.2, 0.25) is 0 Å². The van der Waals surface area contributed by atoms with Gasteiger partial charge in [0.2, 0.25) is 0 Å². The zero-order valence-electron chi connectivity index (χ0n) is 24.4. The van der Waals surface area contributed by atoms with Crippen molar-refractivity contribution in [3.05, 3.63) is 60.4 Å². The van der Waals surface area contributed by atoms with Gasteiger partial charge in [-0.1, -0.05) is 147 Å². The maximum atomic E-state index is 5.93. The van der Waals surface area contributed by atoms with Gasteiger partial charge in [-0.25, -0.2) is 0 Å². The fourth-order valence-electron chi connectivity index (χ4n) is 4.91. The van der Waals surface area contributed by atoms with E-state index in [9.17, 15) is 0 Å². The Morgan fingerprint density at radius 2 is 0.974 bits per heavy atom. The van der Waals surface area contributed by atoms with Crippen molar-refractivity contribution < 1.29 is 26.3 Å². The van der Waals surface area contributed by atoms with Crippen molar-refractivity contribution in [2.24, 2.45) is 0 Å². The van der Waals surface area contributed by atoms with E-state index in [0.29, 0.717) is 0 Å². The predicted octanol–water partition coefficient (Wildman–Crippen LogP) is 7.81. The quantitative estimate of drug-likeness (QED) is 0.0904. The summed E-state index contributed by atoms with van der Waals surface area (Å²) in [6, 6.07) is 14.5. The molecule has 0 N–H and O–H groups in total. The van der Waals surface area contributed by atoms with E-state index in [1.807, 2.05) is 35.2 Å². The molecule has 2 aromatic rings. The second-order valence-electron chi connectivity index (χ2n) is 10.8. The Kier molecular flexibility index (Phi) is 23.2. The van der Waals surface area contributed by atoms with Crippen molar-refractivity contribution in [1.82, 2.24) is 0 Å². The van der Waals surface area contributed by atoms with E-state index >= 15 is 0 Å². The average molecular weight is 587 g/mol. The maximum Gasteiger partial charge on any atom is 0.175 e. The lowest BCUT2D eigenvalue weighted by Gasteiger charge is -2.06. The Bertz CT molecular complexity index is 774. The minimum atomic E-state index is 0. The van der Waals surface area contributed by atoms with Crippen molar-refractivity contribution in [2.75, 3.05) is 6.61 Å². The fourth-order valence-corrected chi connectivity index (χ4v) is 4.91. The molecule has 0 fully saturated rings. The molecule has 1 aromatic heterocycles. The number of rotatable bonds is 24. The summed E-state index contributed by atoms with van der Waals surface area (Å²) >= 11 is 0. The van der Waals surface area contributed by atoms with E-state index in [1.165, 1.54) is 128 Å². The van der Waals surface area contributed by atoms with E-state index in [0.717, 1.165) is 18.8 Å². The van der Waals surface area contributed by atoms with E-state index < -0.39 is 0 Å². The van der Waals surface area contributed by atoms with Crippen molar-refractivity contribution in [2.45, 2.75) is 135 Å². The molecule has 0 bridgehead atoms. The molecule has 2 nitrogen and oxygen atoms in total. The minimum Gasteiger partial charge on any atom is -1.00 e. The summed E-state index contributed by atoms with van der Waals surface area (Å²) < 4.78 is 7.98. The highest BCUT2D eigenvalue weighted by Gasteiger charge is 1.98. The Balaban J connectivity index is 0.00000722. The summed E-state index contributed by atoms with van der Waals surface area (Å²) in [5.74, 6) is 0.974. The number of hydrogen-bond donors (Lipinski definition) is 0. The van der Waals surface area contributed by atoms with Gasteiger partial charge in [-0.05, 0) is 24.1 Å². The lowest BCUT2D eigenvalue weighted by Crippen LogP contribution is -3.00. The molecule has 0 aliphatic heterocycles. The van der Waals surface area contributed by atoms with Crippen LogP contribution in [0, 0.1) is 0 Å². The monoisotopic (exact) mass is 585 g/mol. The van der Waals surface area contributed by atoms with Crippen LogP contribution in [-0.4, -0.2) is 6.61 Å². The third-order valence-corrected chi connectivity index (χ3v) is 7.32. The van der Waals surface area contributed by atoms with Gasteiger partial charge in [0.05, 0.1) is 6.61 Å². The van der Waals surface area contributed by atoms with Crippen LogP contribution in [0.3, 0.4) is 0 Å². The second-order valence-corrected chi connectivity index (χ2v) is 10.8. The predicted molar refractivity (Wildman–Crippen MR) is 162 cm³/mol. The van der Waals surface area contributed by atoms with Gasteiger partial charge in [0.1, 0.15) is 5.75 Å². The second kappa shape index (κ2) is 25.7. The number of benzene rings is 1. The summed E-state index contributed by atoms with van der Waals surface area (Å²) in [7, 11) is 0. The summed E-state index contributed by atoms with van der Waals surface area (Å²) in [6.45, 7) is 3.13. The topological polar surface area (TPSA) is 13.1 Å². The summed E-state index contributed by atoms with van der Waals surface area (Å²) in [4.78, 5) is 0. The van der Waals surface area contributed by atoms with Crippen molar-refractivity contribution >= 4 is 12.3 Å². The van der Waals surface area contributed by atoms with Gasteiger partial charge < -0.3 is 21.7 Å². The molecule has 0 amide bonds. The zero-order valence-corrected chi connectivity index (χ0v) is 26.0. The molecule has 1 aromatic carbocycles. The molecular formula is C35H56BrNO. The number of nitrogens with zero attached hydrogens (tertiary/aromatic N) is 1. The van der Waals surface area contributed by atoms with Gasteiger partial charge in [-0.15, -0.1) is 0 Å². The molecule has 0 saturated carbocycles. The zero-order chi connectivity index (χ0) is 26.1. The minimum absolute atomic E-state index is 0. The molecule has 0 atom stereocenters. The lowest BCUT2D eigenvalue weighted by atomic mass is 10.0. The first-order valence-electron chi connectivity index (χ1n) is 15.8. The maximum absolute atomic E-state index is 5.93. The number of ether oxygens (including phenoxy) is 1. The smallest absolute Gasteiger partial charge is 0.175 e. The largest absolute Gasteiger partial charge is 1.00 e. The van der Waals surface area contributed by atoms with Crippen LogP contribution in [-0.2, 0) is 0 Å². The van der Waals surface area contributed by atoms with E-state index in [-0.39, 0.29) is 17.0 Å². The van der Waals surface area contributed by atoms with Crippen LogP contribution in [0.1, 0.15) is 141 Å². The SMILES string of the molecule is CCCCCCCCCCCCCCCCCCCCCCOc1ccc(C=C[n+]2ccccc2)cc1.[Br-]. The summed E-state index contributed by atoms with van der Waals surface area (Å²) in [5.41, 5.74) is 1.18. The Hall–Kier alpha value is -1.61. The molecule has 3 heteroatoms. The Morgan fingerprint density at radius 3 is 1.42 bits per heavy atom. The molecule has 0 aliphatic rings. The van der Waals surface area contributed by atoms with Gasteiger partial charge in [0, 0.05) is 18.2 Å². The van der Waals surface area contributed by atoms with Crippen LogP contribution in [0.25, 0.3) is 12.3 Å². The highest BCUT2D eigenvalue weighted by Crippen LogP contribution is 2.16. The molecule has 38 heavy (non-hydrogen) atoms. The first kappa shape index (κ1) is 34.4. The van der Waals surface area contributed by atoms with Crippen LogP contribution in [0.5, 0.6) is 5.75 Å². The van der Waals surface area contributed by atoms with Gasteiger partial charge >= 0.3 is 0 Å². The number of aromatic nitrogens is 1. The molecule has 0 saturated heterocycles. The van der Waals surface area contributed by atoms with E-state index in [4.69, 9.17) is 4.74 Å². The first-order valence-corrected chi connectivity index (χ1v) is 15.8. The molecule has 214 valence electrons. The third-order valence-electron chi connectivity index (χ3n) is 7.32. The van der Waals surface area contributed by atoms with Crippen LogP contribution in [0.15, 0.2) is 54.9 Å². The van der Waals surface area contributed by atoms with Crippen LogP contribution < -0.4 is 26.3 Å². The lowest BCUT2D eigenvalue weighted by molar-refractivity contribution is -0.567. The van der Waals surface area contributed by atoms with Gasteiger partial charge in [-0.3, -0.25) is 0 Å². The van der Waals surface area contributed by atoms with Crippen molar-refractivity contribution in [1.29, 1.82) is 0 Å². The Labute approximate surface area is 246 Å². The summed E-state index contributed by atoms with van der Waals surface area (Å²) in [5, 5.41) is 0. The standard InChI is InChI=1S/C35H56NO.BrH/c1-2-3-4-5-6-7-8-9-10-11-12-13-14-15-16-17-18-19-20-24-33-37-35-27-25-34(26-28-35)29-32-36-30-22-21-23-31-36;/h21-23,25-32H,2-20,24,33H2,1H3;1H/q+1;/p-1. The van der Waals surface area contributed by atoms with Crippen molar-refractivity contribution in [3.63, 3.8) is 0 Å². The van der Waals surface area contributed by atoms with Crippen molar-refractivity contribution in [3.8, 4) is 5.75 Å². The highest BCUT2D eigenvalue weighted by atomic mass is 79.9. The normalized spacial score (nSPS) is 11.1. The first-order chi connectivity index (χ1) is 18.4. The van der Waals surface area contributed by atoms with Crippen LogP contribution in [0.4, 0.5) is 0 Å². The fraction of sp³-hybridized carbons (Fsp3) is 0.629. The number of hydrogen-bond acceptors (Lipinski definition) is 1. The van der Waals surface area contributed by atoms with Crippen LogP contribution >= 0.6 is 0 Å². The van der Waals surface area contributed by atoms with E-state index in [2.05, 4.69) is 43.5 Å².